The van der Waals surface area contributed by atoms with Gasteiger partial charge in [-0.1, -0.05) is 31.5 Å². The van der Waals surface area contributed by atoms with E-state index in [1.807, 2.05) is 24.3 Å². The Balaban J connectivity index is 1.60. The summed E-state index contributed by atoms with van der Waals surface area (Å²) in [4.78, 5) is 45.1. The third-order valence-corrected chi connectivity index (χ3v) is 6.69. The maximum Gasteiger partial charge on any atom is 0.311 e. The third-order valence-electron chi connectivity index (χ3n) is 5.94. The summed E-state index contributed by atoms with van der Waals surface area (Å²) in [6.45, 7) is 2.54. The van der Waals surface area contributed by atoms with Crippen LogP contribution in [-0.2, 0) is 20.9 Å². The fraction of sp³-hybridized carbons (Fsp3) is 0.417. The molecule has 33 heavy (non-hydrogen) atoms. The van der Waals surface area contributed by atoms with Crippen LogP contribution >= 0.6 is 11.3 Å². The number of amides is 1. The van der Waals surface area contributed by atoms with Crippen molar-refractivity contribution in [3.8, 4) is 5.75 Å². The molecular formula is C24H27N3O5S. The molecule has 8 nitrogen and oxygen atoms in total. The number of ether oxygens (including phenoxy) is 2. The Bertz CT molecular complexity index is 1200. The predicted octanol–water partition coefficient (Wildman–Crippen LogP) is 3.59. The minimum absolute atomic E-state index is 0.0289. The third kappa shape index (κ3) is 4.78. The molecule has 4 rings (SSSR count). The Labute approximate surface area is 195 Å². The number of esters is 1. The van der Waals surface area contributed by atoms with Gasteiger partial charge < -0.3 is 14.4 Å². The first-order valence-electron chi connectivity index (χ1n) is 11.1. The molecule has 1 aliphatic heterocycles. The molecule has 1 fully saturated rings. The molecule has 2 unspecified atom stereocenters. The fourth-order valence-corrected chi connectivity index (χ4v) is 5.04. The minimum atomic E-state index is -0.539. The average molecular weight is 470 g/mol. The highest BCUT2D eigenvalue weighted by atomic mass is 32.1. The number of para-hydroxylation sites is 1. The summed E-state index contributed by atoms with van der Waals surface area (Å²) in [7, 11) is 1.58. The maximum absolute atomic E-state index is 13.3. The summed E-state index contributed by atoms with van der Waals surface area (Å²) in [6.07, 6.45) is 4.11. The number of hydrogen-bond donors (Lipinski definition) is 0. The van der Waals surface area contributed by atoms with Gasteiger partial charge >= 0.3 is 5.97 Å². The van der Waals surface area contributed by atoms with E-state index in [0.29, 0.717) is 29.4 Å². The van der Waals surface area contributed by atoms with Crippen molar-refractivity contribution in [2.75, 3.05) is 13.7 Å². The highest BCUT2D eigenvalue weighted by Crippen LogP contribution is 2.41. The molecule has 2 aromatic heterocycles. The van der Waals surface area contributed by atoms with Crippen molar-refractivity contribution in [3.05, 3.63) is 63.5 Å². The molecule has 0 radical (unpaired) electrons. The molecule has 0 saturated carbocycles. The second kappa shape index (κ2) is 10.2. The molecule has 1 saturated heterocycles. The lowest BCUT2D eigenvalue weighted by atomic mass is 9.83. The number of benzene rings is 1. The number of carbonyl (C=O) groups excluding carboxylic acids is 2. The van der Waals surface area contributed by atoms with E-state index in [9.17, 15) is 14.4 Å². The monoisotopic (exact) mass is 469 g/mol. The number of hydrogen-bond acceptors (Lipinski definition) is 7. The van der Waals surface area contributed by atoms with Gasteiger partial charge in [0.05, 0.1) is 24.8 Å². The second-order valence-electron chi connectivity index (χ2n) is 8.02. The number of carbonyl (C=O) groups is 2. The number of piperidine rings is 1. The van der Waals surface area contributed by atoms with Gasteiger partial charge in [-0.2, -0.15) is 0 Å². The van der Waals surface area contributed by atoms with Crippen LogP contribution in [-0.4, -0.2) is 39.8 Å². The highest BCUT2D eigenvalue weighted by Gasteiger charge is 2.42. The van der Waals surface area contributed by atoms with E-state index in [2.05, 4.69) is 11.9 Å². The van der Waals surface area contributed by atoms with Gasteiger partial charge in [0.2, 0.25) is 5.91 Å². The lowest BCUT2D eigenvalue weighted by molar-refractivity contribution is -0.158. The second-order valence-corrected chi connectivity index (χ2v) is 8.89. The highest BCUT2D eigenvalue weighted by molar-refractivity contribution is 7.15. The van der Waals surface area contributed by atoms with Crippen LogP contribution in [0.15, 0.2) is 46.7 Å². The first kappa shape index (κ1) is 23.0. The van der Waals surface area contributed by atoms with Gasteiger partial charge in [-0.05, 0) is 18.9 Å². The Kier molecular flexibility index (Phi) is 7.08. The van der Waals surface area contributed by atoms with Crippen molar-refractivity contribution in [3.63, 3.8) is 0 Å². The molecular weight excluding hydrogens is 442 g/mol. The van der Waals surface area contributed by atoms with Crippen LogP contribution in [0.5, 0.6) is 5.75 Å². The van der Waals surface area contributed by atoms with Crippen molar-refractivity contribution in [1.82, 2.24) is 14.3 Å². The molecule has 0 bridgehead atoms. The largest absolute Gasteiger partial charge is 0.496 e. The van der Waals surface area contributed by atoms with Crippen LogP contribution in [0.3, 0.4) is 0 Å². The molecule has 174 valence electrons. The predicted molar refractivity (Wildman–Crippen MR) is 124 cm³/mol. The molecule has 0 N–H and O–H groups in total. The molecule has 3 aromatic rings. The first-order chi connectivity index (χ1) is 16.0. The zero-order valence-corrected chi connectivity index (χ0v) is 19.5. The summed E-state index contributed by atoms with van der Waals surface area (Å²) in [6, 6.07) is 8.38. The number of rotatable bonds is 8. The standard InChI is InChI=1S/C24H27N3O5S/c1-3-4-11-26-20(28)10-9-18(22(26)17-7-5-6-8-19(17)31-2)23(30)32-15-16-14-21(29)27-12-13-33-24(27)25-16/h5-8,12-14,18,22H,3-4,9-11,15H2,1-2H3. The maximum atomic E-state index is 13.3. The zero-order chi connectivity index (χ0) is 23.4. The molecule has 1 aliphatic rings. The van der Waals surface area contributed by atoms with E-state index in [0.717, 1.165) is 18.4 Å². The SMILES string of the molecule is CCCCN1C(=O)CCC(C(=O)OCc2cc(=O)n3ccsc3n2)C1c1ccccc1OC. The van der Waals surface area contributed by atoms with E-state index in [-0.39, 0.29) is 24.5 Å². The van der Waals surface area contributed by atoms with Crippen molar-refractivity contribution < 1.29 is 19.1 Å². The van der Waals surface area contributed by atoms with E-state index in [4.69, 9.17) is 9.47 Å². The average Bonchev–Trinajstić information content (AvgIpc) is 3.31. The summed E-state index contributed by atoms with van der Waals surface area (Å²) >= 11 is 1.34. The smallest absolute Gasteiger partial charge is 0.311 e. The number of methoxy groups -OCH3 is 1. The number of unbranched alkanes of at least 4 members (excludes halogenated alkanes) is 1. The molecule has 3 heterocycles. The summed E-state index contributed by atoms with van der Waals surface area (Å²) in [5, 5.41) is 1.78. The van der Waals surface area contributed by atoms with Gasteiger partial charge in [0.1, 0.15) is 12.4 Å². The van der Waals surface area contributed by atoms with E-state index in [1.165, 1.54) is 21.8 Å². The van der Waals surface area contributed by atoms with Crippen LogP contribution in [0.4, 0.5) is 0 Å². The van der Waals surface area contributed by atoms with Gasteiger partial charge in [0.15, 0.2) is 4.96 Å². The zero-order valence-electron chi connectivity index (χ0n) is 18.7. The number of likely N-dealkylation sites (tertiary alicyclic amines) is 1. The minimum Gasteiger partial charge on any atom is -0.496 e. The Hall–Kier alpha value is -3.20. The molecule has 9 heteroatoms. The van der Waals surface area contributed by atoms with Gasteiger partial charge in [0.25, 0.3) is 5.56 Å². The van der Waals surface area contributed by atoms with Crippen LogP contribution in [0.1, 0.15) is 49.9 Å². The number of aromatic nitrogens is 2. The summed E-state index contributed by atoms with van der Waals surface area (Å²) in [5.41, 5.74) is 0.982. The van der Waals surface area contributed by atoms with Gasteiger partial charge in [0, 0.05) is 36.2 Å². The molecule has 0 spiro atoms. The summed E-state index contributed by atoms with van der Waals surface area (Å²) < 4.78 is 12.6. The number of thiazole rings is 1. The molecule has 0 aliphatic carbocycles. The van der Waals surface area contributed by atoms with Crippen molar-refractivity contribution in [2.24, 2.45) is 5.92 Å². The van der Waals surface area contributed by atoms with Gasteiger partial charge in [-0.3, -0.25) is 18.8 Å². The summed E-state index contributed by atoms with van der Waals surface area (Å²) in [5.74, 6) is -0.286. The van der Waals surface area contributed by atoms with Crippen molar-refractivity contribution in [1.29, 1.82) is 0 Å². The van der Waals surface area contributed by atoms with Crippen LogP contribution in [0.25, 0.3) is 4.96 Å². The lowest BCUT2D eigenvalue weighted by Gasteiger charge is -2.40. The van der Waals surface area contributed by atoms with E-state index in [1.54, 1.807) is 23.6 Å². The first-order valence-corrected chi connectivity index (χ1v) is 12.0. The van der Waals surface area contributed by atoms with E-state index < -0.39 is 17.9 Å². The fourth-order valence-electron chi connectivity index (χ4n) is 4.30. The van der Waals surface area contributed by atoms with E-state index >= 15 is 0 Å². The van der Waals surface area contributed by atoms with Crippen LogP contribution < -0.4 is 10.3 Å². The van der Waals surface area contributed by atoms with Crippen LogP contribution in [0, 0.1) is 5.92 Å². The van der Waals surface area contributed by atoms with Gasteiger partial charge in [-0.25, -0.2) is 4.98 Å². The van der Waals surface area contributed by atoms with Crippen molar-refractivity contribution >= 4 is 28.2 Å². The van der Waals surface area contributed by atoms with Crippen LogP contribution in [0.2, 0.25) is 0 Å². The Morgan fingerprint density at radius 3 is 2.88 bits per heavy atom. The Morgan fingerprint density at radius 2 is 2.09 bits per heavy atom. The normalized spacial score (nSPS) is 18.5. The number of nitrogens with zero attached hydrogens (tertiary/aromatic N) is 3. The van der Waals surface area contributed by atoms with Crippen molar-refractivity contribution in [2.45, 2.75) is 45.3 Å². The molecule has 2 atom stereocenters. The van der Waals surface area contributed by atoms with Gasteiger partial charge in [-0.15, -0.1) is 11.3 Å². The molecule has 1 aromatic carbocycles. The number of fused-ring (bicyclic) bond motifs is 1. The molecule has 1 amide bonds. The Morgan fingerprint density at radius 1 is 1.27 bits per heavy atom. The lowest BCUT2D eigenvalue weighted by Crippen LogP contribution is -2.46. The quantitative estimate of drug-likeness (QED) is 0.469. The topological polar surface area (TPSA) is 90.2 Å².